The standard InChI is InChI=1S/C10H9N5OS/c11-3-9(16)7-4-12-10-15(7)8(5-17-10)6-1-2-13-14-6/h1-2,4-5H,3,11H2,(H,13,14). The fourth-order valence-electron chi connectivity index (χ4n) is 1.70. The minimum Gasteiger partial charge on any atom is -0.324 e. The molecule has 0 radical (unpaired) electrons. The van der Waals surface area contributed by atoms with Gasteiger partial charge in [-0.05, 0) is 6.07 Å². The van der Waals surface area contributed by atoms with Gasteiger partial charge in [0.05, 0.1) is 24.1 Å². The minimum atomic E-state index is -0.128. The molecule has 0 bridgehead atoms. The summed E-state index contributed by atoms with van der Waals surface area (Å²) in [6.45, 7) is -0.0218. The van der Waals surface area contributed by atoms with Crippen molar-refractivity contribution in [3.05, 3.63) is 29.5 Å². The number of imidazole rings is 1. The lowest BCUT2D eigenvalue weighted by Crippen LogP contribution is -2.15. The number of thiazole rings is 1. The van der Waals surface area contributed by atoms with Crippen LogP contribution in [0.4, 0.5) is 0 Å². The molecule has 0 spiro atoms. The van der Waals surface area contributed by atoms with Gasteiger partial charge in [-0.1, -0.05) is 0 Å². The molecule has 6 nitrogen and oxygen atoms in total. The van der Waals surface area contributed by atoms with E-state index in [0.29, 0.717) is 5.69 Å². The van der Waals surface area contributed by atoms with E-state index >= 15 is 0 Å². The summed E-state index contributed by atoms with van der Waals surface area (Å²) >= 11 is 1.47. The minimum absolute atomic E-state index is 0.0218. The molecular weight excluding hydrogens is 238 g/mol. The molecule has 0 atom stereocenters. The molecule has 3 heterocycles. The van der Waals surface area contributed by atoms with Crippen LogP contribution in [0.5, 0.6) is 0 Å². The zero-order chi connectivity index (χ0) is 11.8. The van der Waals surface area contributed by atoms with E-state index in [1.165, 1.54) is 11.3 Å². The second-order valence-corrected chi connectivity index (χ2v) is 4.32. The van der Waals surface area contributed by atoms with Crippen molar-refractivity contribution in [2.75, 3.05) is 6.54 Å². The number of hydrogen-bond acceptors (Lipinski definition) is 5. The molecule has 0 aliphatic heterocycles. The first-order valence-electron chi connectivity index (χ1n) is 4.99. The third kappa shape index (κ3) is 1.48. The number of hydrogen-bond donors (Lipinski definition) is 2. The van der Waals surface area contributed by atoms with Gasteiger partial charge in [0, 0.05) is 11.6 Å². The number of nitrogens with one attached hydrogen (secondary N) is 1. The van der Waals surface area contributed by atoms with Gasteiger partial charge >= 0.3 is 0 Å². The second-order valence-electron chi connectivity index (χ2n) is 3.48. The number of Topliss-reactive ketones (excluding diaryl/α,β-unsaturated/α-hetero) is 1. The first-order valence-corrected chi connectivity index (χ1v) is 5.87. The number of rotatable bonds is 3. The maximum atomic E-state index is 11.7. The lowest BCUT2D eigenvalue weighted by Gasteiger charge is -1.99. The lowest BCUT2D eigenvalue weighted by atomic mass is 10.3. The van der Waals surface area contributed by atoms with Crippen molar-refractivity contribution in [1.82, 2.24) is 19.6 Å². The molecule has 3 N–H and O–H groups in total. The third-order valence-corrected chi connectivity index (χ3v) is 3.33. The van der Waals surface area contributed by atoms with Gasteiger partial charge in [-0.15, -0.1) is 11.3 Å². The van der Waals surface area contributed by atoms with Crippen LogP contribution in [0.15, 0.2) is 23.8 Å². The number of carbonyl (C=O) groups excluding carboxylic acids is 1. The topological polar surface area (TPSA) is 89.1 Å². The molecule has 3 aromatic heterocycles. The second kappa shape index (κ2) is 3.79. The summed E-state index contributed by atoms with van der Waals surface area (Å²) in [4.78, 5) is 16.7. The highest BCUT2D eigenvalue weighted by molar-refractivity contribution is 7.15. The van der Waals surface area contributed by atoms with E-state index in [1.807, 2.05) is 11.4 Å². The Labute approximate surface area is 100 Å². The van der Waals surface area contributed by atoms with Crippen LogP contribution in [0.2, 0.25) is 0 Å². The maximum absolute atomic E-state index is 11.7. The first-order chi connectivity index (χ1) is 8.31. The van der Waals surface area contributed by atoms with Crippen molar-refractivity contribution in [3.8, 4) is 11.4 Å². The first kappa shape index (κ1) is 10.2. The molecule has 0 aliphatic rings. The van der Waals surface area contributed by atoms with Gasteiger partial charge in [-0.25, -0.2) is 4.98 Å². The molecule has 0 unspecified atom stereocenters. The van der Waals surface area contributed by atoms with E-state index in [1.54, 1.807) is 16.8 Å². The summed E-state index contributed by atoms with van der Waals surface area (Å²) in [5.41, 5.74) is 7.61. The number of aromatic amines is 1. The zero-order valence-corrected chi connectivity index (χ0v) is 9.57. The van der Waals surface area contributed by atoms with E-state index in [-0.39, 0.29) is 12.3 Å². The Morgan fingerprint density at radius 2 is 2.47 bits per heavy atom. The van der Waals surface area contributed by atoms with Gasteiger partial charge in [0.1, 0.15) is 5.69 Å². The van der Waals surface area contributed by atoms with Crippen LogP contribution < -0.4 is 5.73 Å². The van der Waals surface area contributed by atoms with E-state index in [9.17, 15) is 4.79 Å². The summed E-state index contributed by atoms with van der Waals surface area (Å²) in [6.07, 6.45) is 3.22. The van der Waals surface area contributed by atoms with Gasteiger partial charge in [0.15, 0.2) is 10.7 Å². The molecule has 0 amide bonds. The van der Waals surface area contributed by atoms with Crippen LogP contribution in [0, 0.1) is 0 Å². The average molecular weight is 247 g/mol. The van der Waals surface area contributed by atoms with Crippen molar-refractivity contribution in [1.29, 1.82) is 0 Å². The molecule has 0 saturated carbocycles. The van der Waals surface area contributed by atoms with Gasteiger partial charge in [0.2, 0.25) is 0 Å². The summed E-state index contributed by atoms with van der Waals surface area (Å²) in [5, 5.41) is 8.71. The number of nitrogens with two attached hydrogens (primary N) is 1. The van der Waals surface area contributed by atoms with E-state index in [2.05, 4.69) is 15.2 Å². The van der Waals surface area contributed by atoms with Crippen molar-refractivity contribution < 1.29 is 4.79 Å². The number of H-pyrrole nitrogens is 1. The number of carbonyl (C=O) groups is 1. The van der Waals surface area contributed by atoms with Crippen LogP contribution >= 0.6 is 11.3 Å². The monoisotopic (exact) mass is 247 g/mol. The van der Waals surface area contributed by atoms with Crippen LogP contribution in [0.25, 0.3) is 16.3 Å². The number of ketones is 1. The van der Waals surface area contributed by atoms with Crippen molar-refractivity contribution in [2.45, 2.75) is 0 Å². The van der Waals surface area contributed by atoms with E-state index in [0.717, 1.165) is 16.3 Å². The highest BCUT2D eigenvalue weighted by Gasteiger charge is 2.16. The van der Waals surface area contributed by atoms with Gasteiger partial charge in [-0.3, -0.25) is 14.3 Å². The molecular formula is C10H9N5OS. The van der Waals surface area contributed by atoms with Crippen molar-refractivity contribution in [3.63, 3.8) is 0 Å². The van der Waals surface area contributed by atoms with Crippen molar-refractivity contribution >= 4 is 22.1 Å². The molecule has 0 fully saturated rings. The molecule has 0 aliphatic carbocycles. The van der Waals surface area contributed by atoms with Gasteiger partial charge in [0.25, 0.3) is 0 Å². The Bertz CT molecular complexity index is 666. The van der Waals surface area contributed by atoms with E-state index in [4.69, 9.17) is 5.73 Å². The fourth-order valence-corrected chi connectivity index (χ4v) is 2.56. The van der Waals surface area contributed by atoms with E-state index < -0.39 is 0 Å². The molecule has 7 heteroatoms. The Hall–Kier alpha value is -1.99. The Balaban J connectivity index is 2.26. The number of aromatic nitrogens is 4. The molecule has 17 heavy (non-hydrogen) atoms. The summed E-state index contributed by atoms with van der Waals surface area (Å²) in [6, 6.07) is 1.85. The normalized spacial score (nSPS) is 11.1. The Morgan fingerprint density at radius 3 is 3.18 bits per heavy atom. The smallest absolute Gasteiger partial charge is 0.194 e. The lowest BCUT2D eigenvalue weighted by molar-refractivity contribution is 0.0996. The SMILES string of the molecule is NCC(=O)c1cnc2scc(-c3ccn[nH]3)n12. The van der Waals surface area contributed by atoms with Crippen LogP contribution in [-0.2, 0) is 0 Å². The summed E-state index contributed by atoms with van der Waals surface area (Å²) < 4.78 is 1.80. The van der Waals surface area contributed by atoms with Crippen LogP contribution in [-0.4, -0.2) is 31.9 Å². The predicted octanol–water partition coefficient (Wildman–Crippen LogP) is 0.927. The average Bonchev–Trinajstić information content (AvgIpc) is 3.03. The zero-order valence-electron chi connectivity index (χ0n) is 8.75. The Morgan fingerprint density at radius 1 is 1.59 bits per heavy atom. The molecule has 3 aromatic rings. The molecule has 86 valence electrons. The molecule has 0 saturated heterocycles. The largest absolute Gasteiger partial charge is 0.324 e. The summed E-state index contributed by atoms with van der Waals surface area (Å²) in [5.74, 6) is -0.128. The van der Waals surface area contributed by atoms with Crippen LogP contribution in [0.3, 0.4) is 0 Å². The number of fused-ring (bicyclic) bond motifs is 1. The summed E-state index contributed by atoms with van der Waals surface area (Å²) in [7, 11) is 0. The highest BCUT2D eigenvalue weighted by atomic mass is 32.1. The van der Waals surface area contributed by atoms with Gasteiger partial charge in [-0.2, -0.15) is 5.10 Å². The molecule has 3 rings (SSSR count). The Kier molecular flexibility index (Phi) is 2.27. The van der Waals surface area contributed by atoms with Crippen molar-refractivity contribution in [2.24, 2.45) is 5.73 Å². The predicted molar refractivity (Wildman–Crippen MR) is 64.0 cm³/mol. The van der Waals surface area contributed by atoms with Gasteiger partial charge < -0.3 is 5.73 Å². The maximum Gasteiger partial charge on any atom is 0.194 e. The van der Waals surface area contributed by atoms with Crippen LogP contribution in [0.1, 0.15) is 10.5 Å². The fraction of sp³-hybridized carbons (Fsp3) is 0.100. The molecule has 0 aromatic carbocycles. The third-order valence-electron chi connectivity index (χ3n) is 2.49. The quantitative estimate of drug-likeness (QED) is 0.674. The highest BCUT2D eigenvalue weighted by Crippen LogP contribution is 2.25. The number of nitrogens with zero attached hydrogens (tertiary/aromatic N) is 3.